The van der Waals surface area contributed by atoms with Gasteiger partial charge < -0.3 is 4.55 Å². The smallest absolute Gasteiger partial charge is 0.768 e. The normalized spacial score (nSPS) is 12.4. The Labute approximate surface area is 98.0 Å². The van der Waals surface area contributed by atoms with Gasteiger partial charge in [0.15, 0.2) is 0 Å². The minimum atomic E-state index is -2.29. The summed E-state index contributed by atoms with van der Waals surface area (Å²) >= 11 is -2.29. The topological polar surface area (TPSA) is 79.0 Å². The number of aromatic nitrogens is 2. The number of hydrogen-bond donors (Lipinski definition) is 0. The van der Waals surface area contributed by atoms with E-state index in [1.165, 1.54) is 6.07 Å². The monoisotopic (exact) mass is 206 g/mol. The molecule has 1 unspecified atom stereocenters. The van der Waals surface area contributed by atoms with Gasteiger partial charge in [0.05, 0.1) is 4.90 Å². The Bertz CT molecular complexity index is 444. The van der Waals surface area contributed by atoms with Gasteiger partial charge in [-0.3, -0.25) is 4.21 Å². The van der Waals surface area contributed by atoms with Gasteiger partial charge in [-0.2, -0.15) is 0 Å². The van der Waals surface area contributed by atoms with Crippen molar-refractivity contribution in [3.63, 3.8) is 0 Å². The van der Waals surface area contributed by atoms with E-state index in [9.17, 15) is 8.76 Å². The largest absolute Gasteiger partial charge is 1.00 e. The first-order chi connectivity index (χ1) is 5.79. The molecule has 1 heterocycles. The van der Waals surface area contributed by atoms with Crippen LogP contribution in [0.3, 0.4) is 0 Å². The number of rotatable bonds is 1. The molecule has 0 amide bonds. The number of nitrogens with zero attached hydrogens (tertiary/aromatic N) is 2. The summed E-state index contributed by atoms with van der Waals surface area (Å²) in [5.74, 6) is 0. The van der Waals surface area contributed by atoms with Gasteiger partial charge in [-0.25, -0.2) is 4.63 Å². The van der Waals surface area contributed by atoms with Gasteiger partial charge in [0.2, 0.25) is 0 Å². The molecule has 0 saturated heterocycles. The maximum atomic E-state index is 10.6. The van der Waals surface area contributed by atoms with Crippen LogP contribution in [0.2, 0.25) is 0 Å². The van der Waals surface area contributed by atoms with Gasteiger partial charge in [0, 0.05) is 0 Å². The predicted molar refractivity (Wildman–Crippen MR) is 39.0 cm³/mol. The second-order valence-corrected chi connectivity index (χ2v) is 3.03. The van der Waals surface area contributed by atoms with E-state index in [0.29, 0.717) is 5.52 Å². The molecule has 2 rings (SSSR count). The van der Waals surface area contributed by atoms with Crippen molar-refractivity contribution in [3.05, 3.63) is 18.2 Å². The summed E-state index contributed by atoms with van der Waals surface area (Å²) in [5, 5.41) is 6.96. The second kappa shape index (κ2) is 4.30. The van der Waals surface area contributed by atoms with E-state index in [0.717, 1.165) is 0 Å². The Balaban J connectivity index is 0.000000845. The molecule has 0 aliphatic heterocycles. The molecule has 0 spiro atoms. The molecule has 13 heavy (non-hydrogen) atoms. The molecule has 1 atom stereocenters. The third kappa shape index (κ3) is 1.97. The van der Waals surface area contributed by atoms with Crippen molar-refractivity contribution in [2.75, 3.05) is 0 Å². The molecule has 1 aromatic carbocycles. The number of benzene rings is 1. The van der Waals surface area contributed by atoms with Gasteiger partial charge in [-0.1, -0.05) is 6.07 Å². The zero-order valence-electron chi connectivity index (χ0n) is 6.76. The van der Waals surface area contributed by atoms with Crippen molar-refractivity contribution in [2.45, 2.75) is 4.90 Å². The van der Waals surface area contributed by atoms with Crippen LogP contribution < -0.4 is 29.6 Å². The molecule has 0 bridgehead atoms. The second-order valence-electron chi connectivity index (χ2n) is 2.12. The van der Waals surface area contributed by atoms with E-state index in [4.69, 9.17) is 0 Å². The van der Waals surface area contributed by atoms with Crippen molar-refractivity contribution in [1.29, 1.82) is 0 Å². The molecule has 0 fully saturated rings. The van der Waals surface area contributed by atoms with Crippen LogP contribution in [0.4, 0.5) is 0 Å². The zero-order valence-corrected chi connectivity index (χ0v) is 9.58. The van der Waals surface area contributed by atoms with E-state index < -0.39 is 11.1 Å². The fraction of sp³-hybridized carbons (Fsp3) is 0. The first-order valence-electron chi connectivity index (χ1n) is 3.09. The maximum Gasteiger partial charge on any atom is 1.00 e. The Kier molecular flexibility index (Phi) is 3.57. The Morgan fingerprint density at radius 3 is 2.85 bits per heavy atom. The summed E-state index contributed by atoms with van der Waals surface area (Å²) in [6.45, 7) is 0. The summed E-state index contributed by atoms with van der Waals surface area (Å²) in [7, 11) is 0. The van der Waals surface area contributed by atoms with Crippen LogP contribution in [0.15, 0.2) is 27.7 Å². The zero-order chi connectivity index (χ0) is 8.55. The summed E-state index contributed by atoms with van der Waals surface area (Å²) in [6, 6.07) is 4.65. The van der Waals surface area contributed by atoms with E-state index in [2.05, 4.69) is 14.9 Å². The average Bonchev–Trinajstić information content (AvgIpc) is 2.49. The van der Waals surface area contributed by atoms with Gasteiger partial charge in [-0.05, 0) is 33.5 Å². The Hall–Kier alpha value is -0.270. The summed E-state index contributed by atoms with van der Waals surface area (Å²) in [6.07, 6.45) is 0. The van der Waals surface area contributed by atoms with Crippen LogP contribution >= 0.6 is 0 Å². The molecule has 5 nitrogen and oxygen atoms in total. The molecule has 1 aromatic heterocycles. The van der Waals surface area contributed by atoms with Crippen molar-refractivity contribution in [2.24, 2.45) is 0 Å². The molecule has 0 radical (unpaired) electrons. The first-order valence-corrected chi connectivity index (χ1v) is 4.17. The van der Waals surface area contributed by atoms with Gasteiger partial charge in [0.25, 0.3) is 0 Å². The fourth-order valence-corrected chi connectivity index (χ4v) is 1.41. The summed E-state index contributed by atoms with van der Waals surface area (Å²) in [5.41, 5.74) is 0.711. The van der Waals surface area contributed by atoms with Crippen molar-refractivity contribution >= 4 is 22.1 Å². The van der Waals surface area contributed by atoms with Crippen molar-refractivity contribution < 1.29 is 42.9 Å². The first kappa shape index (κ1) is 10.8. The average molecular weight is 206 g/mol. The molecule has 7 heteroatoms. The van der Waals surface area contributed by atoms with Crippen LogP contribution in [-0.4, -0.2) is 19.1 Å². The number of hydrogen-bond acceptors (Lipinski definition) is 5. The third-order valence-electron chi connectivity index (χ3n) is 1.43. The minimum Gasteiger partial charge on any atom is -0.768 e. The van der Waals surface area contributed by atoms with Gasteiger partial charge in [-0.15, -0.1) is 0 Å². The van der Waals surface area contributed by atoms with Crippen LogP contribution in [0.1, 0.15) is 0 Å². The van der Waals surface area contributed by atoms with Gasteiger partial charge >= 0.3 is 29.6 Å². The van der Waals surface area contributed by atoms with E-state index in [-0.39, 0.29) is 40.0 Å². The van der Waals surface area contributed by atoms with Crippen LogP contribution in [0.25, 0.3) is 11.0 Å². The molecular weight excluding hydrogens is 203 g/mol. The van der Waals surface area contributed by atoms with E-state index >= 15 is 0 Å². The quantitative estimate of drug-likeness (QED) is 0.379. The van der Waals surface area contributed by atoms with Crippen LogP contribution in [-0.2, 0) is 11.1 Å². The summed E-state index contributed by atoms with van der Waals surface area (Å²) < 4.78 is 25.6. The molecule has 0 aliphatic rings. The Morgan fingerprint density at radius 1 is 1.38 bits per heavy atom. The van der Waals surface area contributed by atoms with Gasteiger partial charge in [0.1, 0.15) is 11.0 Å². The van der Waals surface area contributed by atoms with E-state index in [1.54, 1.807) is 12.1 Å². The minimum absolute atomic E-state index is 0. The molecule has 0 N–H and O–H groups in total. The molecule has 0 aliphatic carbocycles. The predicted octanol–water partition coefficient (Wildman–Crippen LogP) is -2.54. The number of fused-ring (bicyclic) bond motifs is 1. The molecule has 2 aromatic rings. The van der Waals surface area contributed by atoms with Crippen LogP contribution in [0.5, 0.6) is 0 Å². The maximum absolute atomic E-state index is 10.6. The van der Waals surface area contributed by atoms with Crippen molar-refractivity contribution in [3.8, 4) is 0 Å². The molecule has 0 saturated carbocycles. The third-order valence-corrected chi connectivity index (χ3v) is 2.12. The molecule has 62 valence electrons. The fourth-order valence-electron chi connectivity index (χ4n) is 0.916. The van der Waals surface area contributed by atoms with Crippen molar-refractivity contribution in [1.82, 2.24) is 10.3 Å². The van der Waals surface area contributed by atoms with E-state index in [1.807, 2.05) is 0 Å². The Morgan fingerprint density at radius 2 is 2.15 bits per heavy atom. The summed E-state index contributed by atoms with van der Waals surface area (Å²) in [4.78, 5) is 0.105. The molecular formula is C6H3N2NaO3S. The SMILES string of the molecule is O=S([O-])c1cccc2nonc12.[Na+]. The van der Waals surface area contributed by atoms with Crippen LogP contribution in [0, 0.1) is 0 Å². The standard InChI is InChI=1S/C6H4N2O3S.Na/c9-12(10)5-3-1-2-4-6(5)8-11-7-4;/h1-3H,(H,9,10);/q;+1/p-1.